The van der Waals surface area contributed by atoms with E-state index in [0.717, 1.165) is 18.8 Å². The first-order chi connectivity index (χ1) is 10.0. The molecule has 0 aliphatic heterocycles. The second-order valence-electron chi connectivity index (χ2n) is 6.98. The molecule has 0 spiro atoms. The van der Waals surface area contributed by atoms with Gasteiger partial charge in [-0.1, -0.05) is 32.9 Å². The second-order valence-corrected chi connectivity index (χ2v) is 6.98. The summed E-state index contributed by atoms with van der Waals surface area (Å²) in [6.45, 7) is 8.23. The Kier molecular flexibility index (Phi) is 5.65. The third-order valence-electron chi connectivity index (χ3n) is 4.40. The molecule has 118 valence electrons. The maximum absolute atomic E-state index is 5.98. The number of benzene rings is 1. The van der Waals surface area contributed by atoms with Crippen molar-refractivity contribution < 1.29 is 4.74 Å². The first-order valence-corrected chi connectivity index (χ1v) is 8.23. The molecule has 0 heterocycles. The Morgan fingerprint density at radius 2 is 2.05 bits per heavy atom. The number of nitrogens with two attached hydrogens (primary N) is 1. The molecule has 0 amide bonds. The molecule has 0 aromatic heterocycles. The van der Waals surface area contributed by atoms with Gasteiger partial charge in [-0.3, -0.25) is 0 Å². The Morgan fingerprint density at radius 1 is 1.33 bits per heavy atom. The summed E-state index contributed by atoms with van der Waals surface area (Å²) in [6.07, 6.45) is 4.82. The van der Waals surface area contributed by atoms with Crippen LogP contribution in [0.4, 0.5) is 0 Å². The highest BCUT2D eigenvalue weighted by molar-refractivity contribution is 5.29. The molecule has 1 aromatic rings. The van der Waals surface area contributed by atoms with E-state index in [1.54, 1.807) is 0 Å². The fraction of sp³-hybridized carbons (Fsp3) is 0.667. The van der Waals surface area contributed by atoms with Gasteiger partial charge in [0.2, 0.25) is 0 Å². The van der Waals surface area contributed by atoms with Crippen molar-refractivity contribution in [2.75, 3.05) is 13.2 Å². The van der Waals surface area contributed by atoms with E-state index >= 15 is 0 Å². The number of rotatable bonds is 7. The van der Waals surface area contributed by atoms with Crippen molar-refractivity contribution >= 4 is 0 Å². The molecule has 2 rings (SSSR count). The van der Waals surface area contributed by atoms with E-state index < -0.39 is 0 Å². The summed E-state index contributed by atoms with van der Waals surface area (Å²) in [4.78, 5) is 0. The zero-order valence-electron chi connectivity index (χ0n) is 13.7. The van der Waals surface area contributed by atoms with Crippen LogP contribution in [0.5, 0.6) is 5.75 Å². The van der Waals surface area contributed by atoms with Crippen molar-refractivity contribution in [1.29, 1.82) is 0 Å². The van der Waals surface area contributed by atoms with Gasteiger partial charge in [-0.05, 0) is 48.8 Å². The quantitative estimate of drug-likeness (QED) is 0.806. The van der Waals surface area contributed by atoms with Gasteiger partial charge in [-0.15, -0.1) is 0 Å². The summed E-state index contributed by atoms with van der Waals surface area (Å²) in [5.74, 6) is 0.943. The molecular weight excluding hydrogens is 260 g/mol. The van der Waals surface area contributed by atoms with Crippen molar-refractivity contribution in [3.63, 3.8) is 0 Å². The molecule has 0 radical (unpaired) electrons. The van der Waals surface area contributed by atoms with Crippen molar-refractivity contribution in [2.24, 2.45) is 11.1 Å². The lowest BCUT2D eigenvalue weighted by Gasteiger charge is -2.24. The van der Waals surface area contributed by atoms with Gasteiger partial charge in [-0.25, -0.2) is 0 Å². The molecule has 1 aliphatic carbocycles. The molecule has 0 bridgehead atoms. The largest absolute Gasteiger partial charge is 0.494 e. The third-order valence-corrected chi connectivity index (χ3v) is 4.40. The van der Waals surface area contributed by atoms with Crippen LogP contribution in [0, 0.1) is 5.41 Å². The Morgan fingerprint density at radius 3 is 2.57 bits per heavy atom. The Balaban J connectivity index is 1.94. The molecule has 1 saturated carbocycles. The summed E-state index contributed by atoms with van der Waals surface area (Å²) in [7, 11) is 0. The van der Waals surface area contributed by atoms with Gasteiger partial charge in [0.15, 0.2) is 0 Å². The van der Waals surface area contributed by atoms with Crippen molar-refractivity contribution in [1.82, 2.24) is 5.32 Å². The van der Waals surface area contributed by atoms with Crippen molar-refractivity contribution in [3.8, 4) is 5.75 Å². The zero-order chi connectivity index (χ0) is 15.3. The summed E-state index contributed by atoms with van der Waals surface area (Å²) >= 11 is 0. The number of hydrogen-bond acceptors (Lipinski definition) is 3. The van der Waals surface area contributed by atoms with Gasteiger partial charge in [0.05, 0.1) is 6.61 Å². The predicted molar refractivity (Wildman–Crippen MR) is 88.6 cm³/mol. The van der Waals surface area contributed by atoms with Crippen LogP contribution >= 0.6 is 0 Å². The van der Waals surface area contributed by atoms with Gasteiger partial charge >= 0.3 is 0 Å². The Bertz CT molecular complexity index is 427. The first-order valence-electron chi connectivity index (χ1n) is 8.23. The van der Waals surface area contributed by atoms with Gasteiger partial charge < -0.3 is 15.8 Å². The lowest BCUT2D eigenvalue weighted by atomic mass is 9.91. The molecule has 3 heteroatoms. The molecule has 1 fully saturated rings. The number of nitrogens with one attached hydrogen (secondary N) is 1. The molecule has 3 N–H and O–H groups in total. The van der Waals surface area contributed by atoms with E-state index in [1.165, 1.54) is 24.8 Å². The molecule has 1 aromatic carbocycles. The van der Waals surface area contributed by atoms with E-state index in [4.69, 9.17) is 10.5 Å². The highest BCUT2D eigenvalue weighted by Crippen LogP contribution is 2.37. The van der Waals surface area contributed by atoms with Gasteiger partial charge in [0, 0.05) is 18.6 Å². The summed E-state index contributed by atoms with van der Waals surface area (Å²) in [5.41, 5.74) is 7.70. The van der Waals surface area contributed by atoms with E-state index in [9.17, 15) is 0 Å². The molecule has 2 unspecified atom stereocenters. The van der Waals surface area contributed by atoms with Crippen LogP contribution in [-0.2, 0) is 0 Å². The van der Waals surface area contributed by atoms with E-state index in [2.05, 4.69) is 38.2 Å². The number of ether oxygens (including phenoxy) is 1. The standard InChI is InChI=1S/C18H30N2O/c1-4-11-21-16-7-5-14(6-8-16)17(13-19)20-15-9-10-18(2,3)12-15/h5-8,15,17,20H,4,9-13,19H2,1-3H3. The van der Waals surface area contributed by atoms with E-state index in [0.29, 0.717) is 18.0 Å². The van der Waals surface area contributed by atoms with Crippen molar-refractivity contribution in [3.05, 3.63) is 29.8 Å². The monoisotopic (exact) mass is 290 g/mol. The maximum Gasteiger partial charge on any atom is 0.119 e. The van der Waals surface area contributed by atoms with Crippen LogP contribution in [0.15, 0.2) is 24.3 Å². The zero-order valence-corrected chi connectivity index (χ0v) is 13.7. The van der Waals surface area contributed by atoms with Crippen LogP contribution in [0.1, 0.15) is 58.1 Å². The smallest absolute Gasteiger partial charge is 0.119 e. The predicted octanol–water partition coefficient (Wildman–Crippen LogP) is 3.64. The Hall–Kier alpha value is -1.06. The van der Waals surface area contributed by atoms with Crippen molar-refractivity contribution in [2.45, 2.75) is 58.5 Å². The molecule has 2 atom stereocenters. The fourth-order valence-corrected chi connectivity index (χ4v) is 3.18. The number of hydrogen-bond donors (Lipinski definition) is 2. The second kappa shape index (κ2) is 7.28. The Labute approximate surface area is 129 Å². The minimum atomic E-state index is 0.240. The van der Waals surface area contributed by atoms with E-state index in [1.807, 2.05) is 12.1 Å². The highest BCUT2D eigenvalue weighted by atomic mass is 16.5. The minimum Gasteiger partial charge on any atom is -0.494 e. The molecule has 0 saturated heterocycles. The normalized spacial score (nSPS) is 22.2. The third kappa shape index (κ3) is 4.72. The molecule has 1 aliphatic rings. The van der Waals surface area contributed by atoms with Crippen LogP contribution in [0.2, 0.25) is 0 Å². The minimum absolute atomic E-state index is 0.240. The summed E-state index contributed by atoms with van der Waals surface area (Å²) in [6, 6.07) is 9.20. The van der Waals surface area contributed by atoms with Gasteiger partial charge in [0.1, 0.15) is 5.75 Å². The first kappa shape index (κ1) is 16.3. The molecule has 21 heavy (non-hydrogen) atoms. The average molecular weight is 290 g/mol. The maximum atomic E-state index is 5.98. The SMILES string of the molecule is CCCOc1ccc(C(CN)NC2CCC(C)(C)C2)cc1. The molecular formula is C18H30N2O. The lowest BCUT2D eigenvalue weighted by molar-refractivity contribution is 0.317. The van der Waals surface area contributed by atoms with Crippen LogP contribution in [-0.4, -0.2) is 19.2 Å². The van der Waals surface area contributed by atoms with Crippen LogP contribution in [0.25, 0.3) is 0 Å². The average Bonchev–Trinajstić information content (AvgIpc) is 2.82. The fourth-order valence-electron chi connectivity index (χ4n) is 3.18. The van der Waals surface area contributed by atoms with Gasteiger partial charge in [-0.2, -0.15) is 0 Å². The van der Waals surface area contributed by atoms with Crippen LogP contribution < -0.4 is 15.8 Å². The summed E-state index contributed by atoms with van der Waals surface area (Å²) in [5, 5.41) is 3.73. The highest BCUT2D eigenvalue weighted by Gasteiger charge is 2.31. The molecule has 3 nitrogen and oxygen atoms in total. The van der Waals surface area contributed by atoms with E-state index in [-0.39, 0.29) is 6.04 Å². The van der Waals surface area contributed by atoms with Crippen LogP contribution in [0.3, 0.4) is 0 Å². The summed E-state index contributed by atoms with van der Waals surface area (Å²) < 4.78 is 5.63. The lowest BCUT2D eigenvalue weighted by Crippen LogP contribution is -2.35. The topological polar surface area (TPSA) is 47.3 Å². The van der Waals surface area contributed by atoms with Gasteiger partial charge in [0.25, 0.3) is 0 Å².